The third-order valence-corrected chi connectivity index (χ3v) is 6.75. The lowest BCUT2D eigenvalue weighted by Gasteiger charge is -2.19. The van der Waals surface area contributed by atoms with Gasteiger partial charge < -0.3 is 9.47 Å². The first-order chi connectivity index (χ1) is 19.7. The van der Waals surface area contributed by atoms with Crippen LogP contribution in [0.15, 0.2) is 140 Å². The maximum atomic E-state index is 12.6. The minimum Gasteiger partial charge on any atom is -0.497 e. The van der Waals surface area contributed by atoms with Gasteiger partial charge in [-0.25, -0.2) is 0 Å². The van der Waals surface area contributed by atoms with Crippen LogP contribution in [0.3, 0.4) is 0 Å². The summed E-state index contributed by atoms with van der Waals surface area (Å²) >= 11 is 0. The number of ether oxygens (including phenoxy) is 2. The monoisotopic (exact) mass is 522 g/mol. The molecule has 0 aromatic heterocycles. The molecule has 0 aliphatic carbocycles. The van der Waals surface area contributed by atoms with Crippen LogP contribution in [0.25, 0.3) is 17.2 Å². The molecule has 5 aromatic rings. The molecule has 0 aliphatic rings. The third kappa shape index (κ3) is 6.11. The van der Waals surface area contributed by atoms with Gasteiger partial charge in [-0.3, -0.25) is 4.79 Å². The predicted molar refractivity (Wildman–Crippen MR) is 164 cm³/mol. The Morgan fingerprint density at radius 1 is 0.475 bits per heavy atom. The molecule has 0 saturated heterocycles. The van der Waals surface area contributed by atoms with E-state index in [9.17, 15) is 4.79 Å². The topological polar surface area (TPSA) is 35.5 Å². The van der Waals surface area contributed by atoms with Crippen molar-refractivity contribution >= 4 is 23.0 Å². The fourth-order valence-electron chi connectivity index (χ4n) is 4.66. The Morgan fingerprint density at radius 3 is 1.27 bits per heavy atom. The summed E-state index contributed by atoms with van der Waals surface area (Å²) < 4.78 is 10.9. The van der Waals surface area contributed by atoms with Gasteiger partial charge in [-0.2, -0.15) is 0 Å². The number of methoxy groups -OCH3 is 2. The van der Waals surface area contributed by atoms with Crippen molar-refractivity contribution in [2.45, 2.75) is 0 Å². The number of carbonyl (C=O) groups is 1. The van der Waals surface area contributed by atoms with Gasteiger partial charge in [-0.1, -0.05) is 115 Å². The van der Waals surface area contributed by atoms with Crippen molar-refractivity contribution in [1.82, 2.24) is 0 Å². The number of hydrogen-bond donors (Lipinski definition) is 0. The molecule has 0 aliphatic heterocycles. The molecule has 0 radical (unpaired) electrons. The van der Waals surface area contributed by atoms with Crippen LogP contribution in [0, 0.1) is 0 Å². The van der Waals surface area contributed by atoms with Crippen molar-refractivity contribution in [1.29, 1.82) is 0 Å². The summed E-state index contributed by atoms with van der Waals surface area (Å²) in [5.41, 5.74) is 8.14. The molecule has 40 heavy (non-hydrogen) atoms. The largest absolute Gasteiger partial charge is 0.497 e. The summed E-state index contributed by atoms with van der Waals surface area (Å²) in [7, 11) is 3.35. The number of ketones is 1. The summed E-state index contributed by atoms with van der Waals surface area (Å²) in [5, 5.41) is 0. The van der Waals surface area contributed by atoms with Gasteiger partial charge in [0.25, 0.3) is 0 Å². The zero-order valence-electron chi connectivity index (χ0n) is 22.6. The molecule has 0 saturated carbocycles. The molecule has 0 N–H and O–H groups in total. The molecule has 3 heteroatoms. The highest BCUT2D eigenvalue weighted by atomic mass is 16.5. The van der Waals surface area contributed by atoms with Gasteiger partial charge in [0, 0.05) is 5.56 Å². The normalized spacial score (nSPS) is 10.8. The molecule has 0 bridgehead atoms. The van der Waals surface area contributed by atoms with Gasteiger partial charge in [0.05, 0.1) is 14.2 Å². The summed E-state index contributed by atoms with van der Waals surface area (Å²) in [4.78, 5) is 12.6. The van der Waals surface area contributed by atoms with Gasteiger partial charge in [0.15, 0.2) is 5.78 Å². The van der Waals surface area contributed by atoms with E-state index < -0.39 is 0 Å². The molecule has 0 fully saturated rings. The third-order valence-electron chi connectivity index (χ3n) is 6.75. The lowest BCUT2D eigenvalue weighted by atomic mass is 9.85. The van der Waals surface area contributed by atoms with Crippen molar-refractivity contribution in [3.8, 4) is 11.5 Å². The number of carbonyl (C=O) groups excluding carboxylic acids is 1. The average molecular weight is 523 g/mol. The van der Waals surface area contributed by atoms with Crippen LogP contribution in [0.5, 0.6) is 11.5 Å². The number of allylic oxidation sites excluding steroid dienone is 1. The minimum atomic E-state index is -0.0177. The number of hydrogen-bond acceptors (Lipinski definition) is 3. The summed E-state index contributed by atoms with van der Waals surface area (Å²) in [6.45, 7) is 0. The fourth-order valence-corrected chi connectivity index (χ4v) is 4.66. The van der Waals surface area contributed by atoms with Gasteiger partial charge in [-0.15, -0.1) is 0 Å². The van der Waals surface area contributed by atoms with E-state index in [0.717, 1.165) is 50.5 Å². The lowest BCUT2D eigenvalue weighted by Crippen LogP contribution is -1.98. The van der Waals surface area contributed by atoms with E-state index in [0.29, 0.717) is 5.56 Å². The molecule has 0 heterocycles. The standard InChI is InChI=1S/C37H30O3/c1-39-33-22-18-31(19-23-33)37(32-20-24-34(40-2)25-21-32)36(29-11-7-4-8-12-29)30-16-13-27(14-17-30)15-26-35(38)28-9-5-3-6-10-28/h3-26H,1-2H3/b26-15+. The van der Waals surface area contributed by atoms with Crippen molar-refractivity contribution in [2.24, 2.45) is 0 Å². The first-order valence-corrected chi connectivity index (χ1v) is 13.1. The van der Waals surface area contributed by atoms with E-state index in [1.165, 1.54) is 0 Å². The van der Waals surface area contributed by atoms with Crippen LogP contribution >= 0.6 is 0 Å². The maximum Gasteiger partial charge on any atom is 0.185 e. The van der Waals surface area contributed by atoms with Crippen LogP contribution in [0.1, 0.15) is 38.2 Å². The van der Waals surface area contributed by atoms with Crippen LogP contribution in [-0.4, -0.2) is 20.0 Å². The second-order valence-electron chi connectivity index (χ2n) is 9.26. The Hall–Kier alpha value is -5.15. The van der Waals surface area contributed by atoms with Gasteiger partial charge in [0.1, 0.15) is 11.5 Å². The van der Waals surface area contributed by atoms with Gasteiger partial charge in [-0.05, 0) is 69.3 Å². The van der Waals surface area contributed by atoms with E-state index in [-0.39, 0.29) is 5.78 Å². The van der Waals surface area contributed by atoms with E-state index in [1.807, 2.05) is 78.9 Å². The fraction of sp³-hybridized carbons (Fsp3) is 0.0541. The Kier molecular flexibility index (Phi) is 8.33. The van der Waals surface area contributed by atoms with Crippen molar-refractivity contribution < 1.29 is 14.3 Å². The van der Waals surface area contributed by atoms with Crippen molar-refractivity contribution in [3.05, 3.63) is 173 Å². The smallest absolute Gasteiger partial charge is 0.185 e. The highest BCUT2D eigenvalue weighted by molar-refractivity contribution is 6.07. The second kappa shape index (κ2) is 12.6. The Labute approximate surface area is 235 Å². The number of benzene rings is 5. The summed E-state index contributed by atoms with van der Waals surface area (Å²) in [6.07, 6.45) is 3.48. The van der Waals surface area contributed by atoms with E-state index in [1.54, 1.807) is 20.3 Å². The van der Waals surface area contributed by atoms with E-state index >= 15 is 0 Å². The van der Waals surface area contributed by atoms with Crippen LogP contribution in [-0.2, 0) is 0 Å². The van der Waals surface area contributed by atoms with Crippen molar-refractivity contribution in [2.75, 3.05) is 14.2 Å². The average Bonchev–Trinajstić information content (AvgIpc) is 3.04. The van der Waals surface area contributed by atoms with E-state index in [2.05, 4.69) is 60.7 Å². The van der Waals surface area contributed by atoms with Crippen molar-refractivity contribution in [3.63, 3.8) is 0 Å². The Morgan fingerprint density at radius 2 is 0.850 bits per heavy atom. The molecule has 5 aromatic carbocycles. The molecule has 5 rings (SSSR count). The highest BCUT2D eigenvalue weighted by Crippen LogP contribution is 2.38. The minimum absolute atomic E-state index is 0.0177. The SMILES string of the molecule is COc1ccc(C(=C(c2ccccc2)c2ccc(/C=C/C(=O)c3ccccc3)cc2)c2ccc(OC)cc2)cc1. The molecule has 0 unspecified atom stereocenters. The predicted octanol–water partition coefficient (Wildman–Crippen LogP) is 8.61. The number of rotatable bonds is 9. The van der Waals surface area contributed by atoms with Crippen LogP contribution in [0.2, 0.25) is 0 Å². The molecular formula is C37H30O3. The Bertz CT molecular complexity index is 1560. The molecule has 196 valence electrons. The molecule has 0 amide bonds. The van der Waals surface area contributed by atoms with Gasteiger partial charge >= 0.3 is 0 Å². The van der Waals surface area contributed by atoms with Crippen LogP contribution < -0.4 is 9.47 Å². The molecule has 3 nitrogen and oxygen atoms in total. The maximum absolute atomic E-state index is 12.6. The first kappa shape index (κ1) is 26.5. The lowest BCUT2D eigenvalue weighted by molar-refractivity contribution is 0.104. The summed E-state index contributed by atoms with van der Waals surface area (Å²) in [5.74, 6) is 1.59. The quantitative estimate of drug-likeness (QED) is 0.110. The molecular weight excluding hydrogens is 492 g/mol. The Balaban J connectivity index is 1.63. The highest BCUT2D eigenvalue weighted by Gasteiger charge is 2.16. The zero-order valence-corrected chi connectivity index (χ0v) is 22.6. The molecule has 0 atom stereocenters. The second-order valence-corrected chi connectivity index (χ2v) is 9.26. The van der Waals surface area contributed by atoms with Gasteiger partial charge in [0.2, 0.25) is 0 Å². The van der Waals surface area contributed by atoms with E-state index in [4.69, 9.17) is 9.47 Å². The zero-order chi connectivity index (χ0) is 27.7. The molecule has 0 spiro atoms. The summed E-state index contributed by atoms with van der Waals surface area (Å²) in [6, 6.07) is 44.3. The van der Waals surface area contributed by atoms with Crippen LogP contribution in [0.4, 0.5) is 0 Å². The first-order valence-electron chi connectivity index (χ1n) is 13.1.